The zero-order valence-corrected chi connectivity index (χ0v) is 8.48. The monoisotopic (exact) mass is 229 g/mol. The van der Waals surface area contributed by atoms with E-state index in [1.54, 1.807) is 6.07 Å². The predicted octanol–water partition coefficient (Wildman–Crippen LogP) is 3.35. The second-order valence-corrected chi connectivity index (χ2v) is 3.26. The van der Waals surface area contributed by atoms with Crippen LogP contribution in [0.2, 0.25) is 5.02 Å². The van der Waals surface area contributed by atoms with E-state index in [0.29, 0.717) is 0 Å². The van der Waals surface area contributed by atoms with Crippen molar-refractivity contribution in [1.82, 2.24) is 0 Å². The van der Waals surface area contributed by atoms with Crippen LogP contribution in [0.25, 0.3) is 0 Å². The lowest BCUT2D eigenvalue weighted by molar-refractivity contribution is 0.101. The van der Waals surface area contributed by atoms with Gasteiger partial charge in [-0.2, -0.15) is 5.26 Å². The molecule has 0 spiro atoms. The Labute approximate surface area is 90.1 Å². The number of ketones is 1. The largest absolute Gasteiger partial charge is 0.294 e. The summed E-state index contributed by atoms with van der Waals surface area (Å²) in [5.74, 6) is -0.501. The van der Waals surface area contributed by atoms with Gasteiger partial charge in [-0.15, -0.1) is 0 Å². The van der Waals surface area contributed by atoms with Crippen molar-refractivity contribution in [2.24, 2.45) is 0 Å². The van der Waals surface area contributed by atoms with Crippen molar-refractivity contribution in [3.8, 4) is 6.07 Å². The highest BCUT2D eigenvalue weighted by molar-refractivity contribution is 6.34. The van der Waals surface area contributed by atoms with Crippen molar-refractivity contribution in [3.05, 3.63) is 33.8 Å². The molecule has 0 amide bonds. The number of carbonyl (C=O) groups excluding carboxylic acids is 1. The van der Waals surface area contributed by atoms with Crippen molar-refractivity contribution in [3.63, 3.8) is 0 Å². The van der Waals surface area contributed by atoms with Crippen molar-refractivity contribution in [2.45, 2.75) is 13.3 Å². The quantitative estimate of drug-likeness (QED) is 0.730. The van der Waals surface area contributed by atoms with E-state index in [2.05, 4.69) is 0 Å². The fraction of sp³-hybridized carbons (Fsp3) is 0.200. The number of hydrogen-bond donors (Lipinski definition) is 0. The standard InChI is InChI=1S/C10H6ClF2NO/c1-5(15)9-7(4-14)6(10(12)13)2-3-8(9)11/h2-3,10H,1H3. The lowest BCUT2D eigenvalue weighted by atomic mass is 9.99. The normalized spacial score (nSPS) is 10.1. The molecule has 0 aliphatic carbocycles. The van der Waals surface area contributed by atoms with E-state index in [9.17, 15) is 13.6 Å². The predicted molar refractivity (Wildman–Crippen MR) is 51.1 cm³/mol. The summed E-state index contributed by atoms with van der Waals surface area (Å²) in [7, 11) is 0. The number of carbonyl (C=O) groups is 1. The van der Waals surface area contributed by atoms with Gasteiger partial charge in [-0.05, 0) is 13.0 Å². The summed E-state index contributed by atoms with van der Waals surface area (Å²) in [6.07, 6.45) is -2.80. The molecule has 0 saturated carbocycles. The van der Waals surface area contributed by atoms with E-state index >= 15 is 0 Å². The van der Waals surface area contributed by atoms with E-state index < -0.39 is 17.8 Å². The van der Waals surface area contributed by atoms with Crippen molar-refractivity contribution >= 4 is 17.4 Å². The molecule has 78 valence electrons. The Morgan fingerprint density at radius 1 is 1.53 bits per heavy atom. The minimum atomic E-state index is -2.80. The Balaban J connectivity index is 3.56. The molecule has 0 N–H and O–H groups in total. The minimum absolute atomic E-state index is 0.0171. The first kappa shape index (κ1) is 11.6. The summed E-state index contributed by atoms with van der Waals surface area (Å²) in [6.45, 7) is 1.18. The maximum absolute atomic E-state index is 12.5. The Bertz CT molecular complexity index is 451. The van der Waals surface area contributed by atoms with E-state index in [0.717, 1.165) is 6.07 Å². The maximum Gasteiger partial charge on any atom is 0.265 e. The number of rotatable bonds is 2. The Kier molecular flexibility index (Phi) is 3.38. The molecule has 0 atom stereocenters. The van der Waals surface area contributed by atoms with Gasteiger partial charge in [0.05, 0.1) is 16.1 Å². The van der Waals surface area contributed by atoms with Gasteiger partial charge in [-0.3, -0.25) is 4.79 Å². The molecule has 0 fully saturated rings. The average Bonchev–Trinajstić information content (AvgIpc) is 2.15. The molecular formula is C10H6ClF2NO. The molecule has 0 aliphatic heterocycles. The van der Waals surface area contributed by atoms with Gasteiger partial charge >= 0.3 is 0 Å². The van der Waals surface area contributed by atoms with Gasteiger partial charge in [0.1, 0.15) is 6.07 Å². The molecule has 0 heterocycles. The lowest BCUT2D eigenvalue weighted by Crippen LogP contribution is -2.02. The molecule has 0 aliphatic rings. The molecule has 0 bridgehead atoms. The van der Waals surface area contributed by atoms with Gasteiger partial charge < -0.3 is 0 Å². The van der Waals surface area contributed by atoms with Gasteiger partial charge in [0.15, 0.2) is 5.78 Å². The number of alkyl halides is 2. The topological polar surface area (TPSA) is 40.9 Å². The van der Waals surface area contributed by atoms with Crippen LogP contribution in [0.3, 0.4) is 0 Å². The van der Waals surface area contributed by atoms with Crippen molar-refractivity contribution < 1.29 is 13.6 Å². The molecule has 1 aromatic carbocycles. The summed E-state index contributed by atoms with van der Waals surface area (Å²) >= 11 is 5.66. The van der Waals surface area contributed by atoms with Crippen LogP contribution < -0.4 is 0 Å². The molecule has 0 saturated heterocycles. The Morgan fingerprint density at radius 2 is 2.13 bits per heavy atom. The fourth-order valence-corrected chi connectivity index (χ4v) is 1.53. The summed E-state index contributed by atoms with van der Waals surface area (Å²) in [6, 6.07) is 3.83. The molecule has 1 aromatic rings. The van der Waals surface area contributed by atoms with E-state index in [1.807, 2.05) is 0 Å². The van der Waals surface area contributed by atoms with Crippen LogP contribution in [0.5, 0.6) is 0 Å². The maximum atomic E-state index is 12.5. The van der Waals surface area contributed by atoms with Gasteiger partial charge in [-0.25, -0.2) is 8.78 Å². The number of nitriles is 1. The van der Waals surface area contributed by atoms with Crippen LogP contribution in [0.4, 0.5) is 8.78 Å². The first-order chi connectivity index (χ1) is 6.99. The average molecular weight is 230 g/mol. The van der Waals surface area contributed by atoms with Crippen molar-refractivity contribution in [2.75, 3.05) is 0 Å². The second-order valence-electron chi connectivity index (χ2n) is 2.86. The third-order valence-corrected chi connectivity index (χ3v) is 2.20. The van der Waals surface area contributed by atoms with Crippen LogP contribution in [0, 0.1) is 11.3 Å². The smallest absolute Gasteiger partial charge is 0.265 e. The highest BCUT2D eigenvalue weighted by Crippen LogP contribution is 2.29. The highest BCUT2D eigenvalue weighted by atomic mass is 35.5. The molecule has 0 aromatic heterocycles. The van der Waals surface area contributed by atoms with Gasteiger partial charge in [0.25, 0.3) is 6.43 Å². The minimum Gasteiger partial charge on any atom is -0.294 e. The molecule has 1 rings (SSSR count). The van der Waals surface area contributed by atoms with Crippen LogP contribution in [0.1, 0.15) is 34.8 Å². The fourth-order valence-electron chi connectivity index (χ4n) is 1.24. The highest BCUT2D eigenvalue weighted by Gasteiger charge is 2.20. The first-order valence-electron chi connectivity index (χ1n) is 4.00. The number of Topliss-reactive ketones (excluding diaryl/α,β-unsaturated/α-hetero) is 1. The summed E-state index contributed by atoms with van der Waals surface area (Å²) < 4.78 is 25.0. The zero-order valence-electron chi connectivity index (χ0n) is 7.72. The van der Waals surface area contributed by atoms with Crippen molar-refractivity contribution in [1.29, 1.82) is 5.26 Å². The second kappa shape index (κ2) is 4.37. The number of nitrogens with zero attached hydrogens (tertiary/aromatic N) is 1. The number of halogens is 3. The third-order valence-electron chi connectivity index (χ3n) is 1.89. The van der Waals surface area contributed by atoms with E-state index in [1.165, 1.54) is 13.0 Å². The molecule has 0 radical (unpaired) electrons. The van der Waals surface area contributed by atoms with Crippen LogP contribution >= 0.6 is 11.6 Å². The van der Waals surface area contributed by atoms with Gasteiger partial charge in [-0.1, -0.05) is 17.7 Å². The number of hydrogen-bond acceptors (Lipinski definition) is 2. The van der Waals surface area contributed by atoms with Gasteiger partial charge in [0.2, 0.25) is 0 Å². The van der Waals surface area contributed by atoms with E-state index in [-0.39, 0.29) is 16.1 Å². The van der Waals surface area contributed by atoms with E-state index in [4.69, 9.17) is 16.9 Å². The molecule has 0 unspecified atom stereocenters. The third kappa shape index (κ3) is 2.13. The Morgan fingerprint density at radius 3 is 2.53 bits per heavy atom. The SMILES string of the molecule is CC(=O)c1c(Cl)ccc(C(F)F)c1C#N. The summed E-state index contributed by atoms with van der Waals surface area (Å²) in [4.78, 5) is 11.1. The van der Waals surface area contributed by atoms with Crippen LogP contribution in [-0.4, -0.2) is 5.78 Å². The number of benzene rings is 1. The molecule has 15 heavy (non-hydrogen) atoms. The lowest BCUT2D eigenvalue weighted by Gasteiger charge is -2.07. The van der Waals surface area contributed by atoms with Crippen LogP contribution in [0.15, 0.2) is 12.1 Å². The first-order valence-corrected chi connectivity index (χ1v) is 4.38. The Hall–Kier alpha value is -1.47. The molecular weight excluding hydrogens is 224 g/mol. The summed E-state index contributed by atoms with van der Waals surface area (Å²) in [5, 5.41) is 8.74. The molecule has 5 heteroatoms. The summed E-state index contributed by atoms with van der Waals surface area (Å²) in [5.41, 5.74) is -0.950. The zero-order chi connectivity index (χ0) is 11.6. The molecule has 2 nitrogen and oxygen atoms in total. The van der Waals surface area contributed by atoms with Gasteiger partial charge in [0, 0.05) is 5.56 Å². The van der Waals surface area contributed by atoms with Crippen LogP contribution in [-0.2, 0) is 0 Å².